The van der Waals surface area contributed by atoms with E-state index in [2.05, 4.69) is 15.2 Å². The predicted octanol–water partition coefficient (Wildman–Crippen LogP) is 2.69. The quantitative estimate of drug-likeness (QED) is 0.898. The number of alkyl halides is 3. The fourth-order valence-corrected chi connectivity index (χ4v) is 3.08. The van der Waals surface area contributed by atoms with E-state index in [4.69, 9.17) is 0 Å². The maximum absolute atomic E-state index is 12.9. The first kappa shape index (κ1) is 16.9. The average Bonchev–Trinajstić information content (AvgIpc) is 3.13. The van der Waals surface area contributed by atoms with E-state index in [1.807, 2.05) is 11.8 Å². The normalized spacial score (nSPS) is 22.2. The van der Waals surface area contributed by atoms with Crippen LogP contribution in [0.3, 0.4) is 0 Å². The maximum Gasteiger partial charge on any atom is 0.416 e. The number of hydrogen-bond donors (Lipinski definition) is 2. The standard InChI is InChI=1S/C16H19F3N4O/c1-2-14-20-15(22-21-14)9-23-8-12(24)7-13(23)10-4-3-5-11(6-10)16(17,18)19/h3-6,12-13,24H,2,7-9H2,1H3,(H,20,21,22)/t12-,13-/m0/s1. The van der Waals surface area contributed by atoms with Crippen LogP contribution in [0, 0.1) is 0 Å². The molecule has 2 heterocycles. The second kappa shape index (κ2) is 6.52. The van der Waals surface area contributed by atoms with E-state index in [1.165, 1.54) is 6.07 Å². The number of H-pyrrole nitrogens is 1. The number of aromatic nitrogens is 3. The number of aryl methyl sites for hydroxylation is 1. The number of nitrogens with one attached hydrogen (secondary N) is 1. The maximum atomic E-state index is 12.9. The molecular formula is C16H19F3N4O. The highest BCUT2D eigenvalue weighted by Crippen LogP contribution is 2.36. The molecule has 1 fully saturated rings. The highest BCUT2D eigenvalue weighted by Gasteiger charge is 2.35. The zero-order chi connectivity index (χ0) is 17.3. The summed E-state index contributed by atoms with van der Waals surface area (Å²) in [5, 5.41) is 16.9. The minimum Gasteiger partial charge on any atom is -0.392 e. The molecule has 0 spiro atoms. The zero-order valence-electron chi connectivity index (χ0n) is 13.2. The van der Waals surface area contributed by atoms with Gasteiger partial charge in [0.15, 0.2) is 0 Å². The molecule has 2 N–H and O–H groups in total. The third kappa shape index (κ3) is 3.59. The van der Waals surface area contributed by atoms with Crippen molar-refractivity contribution in [1.29, 1.82) is 0 Å². The van der Waals surface area contributed by atoms with Crippen molar-refractivity contribution in [2.75, 3.05) is 6.54 Å². The molecule has 0 unspecified atom stereocenters. The van der Waals surface area contributed by atoms with Crippen LogP contribution in [0.2, 0.25) is 0 Å². The summed E-state index contributed by atoms with van der Waals surface area (Å²) in [6, 6.07) is 5.02. The van der Waals surface area contributed by atoms with Crippen LogP contribution in [0.5, 0.6) is 0 Å². The fraction of sp³-hybridized carbons (Fsp3) is 0.500. The molecule has 130 valence electrons. The lowest BCUT2D eigenvalue weighted by Gasteiger charge is -2.24. The van der Waals surface area contributed by atoms with Crippen molar-refractivity contribution >= 4 is 0 Å². The number of rotatable bonds is 4. The molecule has 2 atom stereocenters. The van der Waals surface area contributed by atoms with Gasteiger partial charge in [0, 0.05) is 19.0 Å². The zero-order valence-corrected chi connectivity index (χ0v) is 13.2. The van der Waals surface area contributed by atoms with Gasteiger partial charge in [-0.1, -0.05) is 19.1 Å². The largest absolute Gasteiger partial charge is 0.416 e. The summed E-state index contributed by atoms with van der Waals surface area (Å²) in [7, 11) is 0. The highest BCUT2D eigenvalue weighted by molar-refractivity contribution is 5.29. The third-order valence-electron chi connectivity index (χ3n) is 4.23. The number of aliphatic hydroxyl groups is 1. The molecule has 2 aromatic rings. The van der Waals surface area contributed by atoms with Crippen LogP contribution < -0.4 is 0 Å². The Morgan fingerprint density at radius 3 is 2.83 bits per heavy atom. The number of aromatic amines is 1. The molecule has 1 aliphatic rings. The minimum absolute atomic E-state index is 0.280. The molecule has 1 aromatic heterocycles. The van der Waals surface area contributed by atoms with Gasteiger partial charge in [0.2, 0.25) is 0 Å². The summed E-state index contributed by atoms with van der Waals surface area (Å²) >= 11 is 0. The van der Waals surface area contributed by atoms with E-state index < -0.39 is 17.8 Å². The topological polar surface area (TPSA) is 65.0 Å². The van der Waals surface area contributed by atoms with Gasteiger partial charge in [0.25, 0.3) is 0 Å². The number of hydrogen-bond acceptors (Lipinski definition) is 4. The predicted molar refractivity (Wildman–Crippen MR) is 81.0 cm³/mol. The molecule has 1 aliphatic heterocycles. The Balaban J connectivity index is 1.82. The molecule has 0 saturated carbocycles. The van der Waals surface area contributed by atoms with Crippen LogP contribution in [-0.4, -0.2) is 37.8 Å². The molecule has 5 nitrogen and oxygen atoms in total. The van der Waals surface area contributed by atoms with Gasteiger partial charge in [0.05, 0.1) is 18.2 Å². The van der Waals surface area contributed by atoms with E-state index in [9.17, 15) is 18.3 Å². The molecule has 1 saturated heterocycles. The average molecular weight is 340 g/mol. The number of β-amino-alcohol motifs (C(OH)–C–C–N with tert-alkyl or cyclic N) is 1. The van der Waals surface area contributed by atoms with Gasteiger partial charge in [0.1, 0.15) is 11.6 Å². The molecule has 0 bridgehead atoms. The van der Waals surface area contributed by atoms with Gasteiger partial charge in [-0.25, -0.2) is 4.98 Å². The first-order valence-corrected chi connectivity index (χ1v) is 7.86. The molecule has 3 rings (SSSR count). The Bertz CT molecular complexity index is 701. The van der Waals surface area contributed by atoms with E-state index in [0.29, 0.717) is 43.1 Å². The van der Waals surface area contributed by atoms with Gasteiger partial charge in [-0.3, -0.25) is 10.00 Å². The van der Waals surface area contributed by atoms with E-state index in [0.717, 1.165) is 12.1 Å². The van der Waals surface area contributed by atoms with Crippen LogP contribution in [0.4, 0.5) is 13.2 Å². The Kier molecular flexibility index (Phi) is 4.60. The fourth-order valence-electron chi connectivity index (χ4n) is 3.08. The first-order chi connectivity index (χ1) is 11.4. The summed E-state index contributed by atoms with van der Waals surface area (Å²) in [4.78, 5) is 6.26. The second-order valence-corrected chi connectivity index (χ2v) is 6.01. The summed E-state index contributed by atoms with van der Waals surface area (Å²) in [5.74, 6) is 1.35. The number of aliphatic hydroxyl groups excluding tert-OH is 1. The summed E-state index contributed by atoms with van der Waals surface area (Å²) < 4.78 is 38.8. The van der Waals surface area contributed by atoms with Crippen molar-refractivity contribution in [3.05, 3.63) is 47.0 Å². The number of likely N-dealkylation sites (tertiary alicyclic amines) is 1. The van der Waals surface area contributed by atoms with Crippen molar-refractivity contribution in [3.8, 4) is 0 Å². The van der Waals surface area contributed by atoms with Gasteiger partial charge < -0.3 is 5.11 Å². The number of benzene rings is 1. The smallest absolute Gasteiger partial charge is 0.392 e. The Labute approximate surface area is 137 Å². The minimum atomic E-state index is -4.38. The van der Waals surface area contributed by atoms with Gasteiger partial charge >= 0.3 is 6.18 Å². The molecule has 24 heavy (non-hydrogen) atoms. The van der Waals surface area contributed by atoms with Gasteiger partial charge in [-0.05, 0) is 24.1 Å². The lowest BCUT2D eigenvalue weighted by molar-refractivity contribution is -0.137. The lowest BCUT2D eigenvalue weighted by Crippen LogP contribution is -2.25. The molecular weight excluding hydrogens is 321 g/mol. The summed E-state index contributed by atoms with van der Waals surface area (Å²) in [5.41, 5.74) is -0.120. The van der Waals surface area contributed by atoms with Gasteiger partial charge in [-0.2, -0.15) is 18.3 Å². The van der Waals surface area contributed by atoms with Crippen molar-refractivity contribution in [1.82, 2.24) is 20.1 Å². The van der Waals surface area contributed by atoms with Crippen LogP contribution in [0.15, 0.2) is 24.3 Å². The molecule has 1 aromatic carbocycles. The summed E-state index contributed by atoms with van der Waals surface area (Å²) in [6.45, 7) is 2.74. The summed E-state index contributed by atoms with van der Waals surface area (Å²) in [6.07, 6.45) is -3.84. The van der Waals surface area contributed by atoms with Crippen molar-refractivity contribution < 1.29 is 18.3 Å². The highest BCUT2D eigenvalue weighted by atomic mass is 19.4. The van der Waals surface area contributed by atoms with Gasteiger partial charge in [-0.15, -0.1) is 0 Å². The number of halogens is 3. The van der Waals surface area contributed by atoms with E-state index in [-0.39, 0.29) is 6.04 Å². The third-order valence-corrected chi connectivity index (χ3v) is 4.23. The molecule has 0 aliphatic carbocycles. The Hall–Kier alpha value is -1.93. The SMILES string of the molecule is CCc1n[nH]c(CN2C[C@@H](O)C[C@H]2c2cccc(C(F)(F)F)c2)n1. The Morgan fingerprint density at radius 1 is 1.38 bits per heavy atom. The first-order valence-electron chi connectivity index (χ1n) is 7.86. The van der Waals surface area contributed by atoms with Crippen LogP contribution >= 0.6 is 0 Å². The van der Waals surface area contributed by atoms with Crippen molar-refractivity contribution in [2.45, 2.75) is 44.6 Å². The molecule has 0 radical (unpaired) electrons. The Morgan fingerprint density at radius 2 is 2.17 bits per heavy atom. The van der Waals surface area contributed by atoms with Crippen molar-refractivity contribution in [3.63, 3.8) is 0 Å². The lowest BCUT2D eigenvalue weighted by atomic mass is 10.0. The monoisotopic (exact) mass is 340 g/mol. The molecule has 0 amide bonds. The number of nitrogens with zero attached hydrogens (tertiary/aromatic N) is 3. The van der Waals surface area contributed by atoms with Crippen LogP contribution in [0.1, 0.15) is 42.2 Å². The second-order valence-electron chi connectivity index (χ2n) is 6.01. The van der Waals surface area contributed by atoms with E-state index in [1.54, 1.807) is 6.07 Å². The van der Waals surface area contributed by atoms with Crippen LogP contribution in [-0.2, 0) is 19.1 Å². The van der Waals surface area contributed by atoms with E-state index >= 15 is 0 Å². The van der Waals surface area contributed by atoms with Crippen molar-refractivity contribution in [2.24, 2.45) is 0 Å². The van der Waals surface area contributed by atoms with Crippen LogP contribution in [0.25, 0.3) is 0 Å². The molecule has 8 heteroatoms.